The zero-order valence-electron chi connectivity index (χ0n) is 7.58. The van der Waals surface area contributed by atoms with Gasteiger partial charge in [0.25, 0.3) is 0 Å². The lowest BCUT2D eigenvalue weighted by molar-refractivity contribution is 0.273. The fourth-order valence-electron chi connectivity index (χ4n) is 1.42. The Kier molecular flexibility index (Phi) is 2.94. The van der Waals surface area contributed by atoms with Crippen LogP contribution in [0.15, 0.2) is 17.5 Å². The molecular formula is C10H9IO2S. The van der Waals surface area contributed by atoms with Gasteiger partial charge in [-0.25, -0.2) is 0 Å². The van der Waals surface area contributed by atoms with Gasteiger partial charge in [0.15, 0.2) is 0 Å². The number of hydrogen-bond acceptors (Lipinski definition) is 3. The first kappa shape index (κ1) is 10.2. The van der Waals surface area contributed by atoms with Crippen LogP contribution in [-0.4, -0.2) is 12.2 Å². The maximum atomic E-state index is 9.25. The van der Waals surface area contributed by atoms with Gasteiger partial charge in [-0.15, -0.1) is 11.3 Å². The van der Waals surface area contributed by atoms with Gasteiger partial charge in [0, 0.05) is 19.2 Å². The number of fused-ring (bicyclic) bond motifs is 1. The maximum absolute atomic E-state index is 9.25. The molecule has 0 atom stereocenters. The Morgan fingerprint density at radius 2 is 2.36 bits per heavy atom. The smallest absolute Gasteiger partial charge is 0.126 e. The van der Waals surface area contributed by atoms with Crippen molar-refractivity contribution in [3.8, 4) is 5.75 Å². The van der Waals surface area contributed by atoms with E-state index in [-0.39, 0.29) is 6.61 Å². The van der Waals surface area contributed by atoms with Crippen LogP contribution >= 0.6 is 33.9 Å². The zero-order chi connectivity index (χ0) is 10.1. The Morgan fingerprint density at radius 1 is 1.57 bits per heavy atom. The van der Waals surface area contributed by atoms with Gasteiger partial charge in [0.1, 0.15) is 5.75 Å². The van der Waals surface area contributed by atoms with E-state index in [1.165, 1.54) is 10.1 Å². The van der Waals surface area contributed by atoms with E-state index in [9.17, 15) is 5.11 Å². The fraction of sp³-hybridized carbons (Fsp3) is 0.200. The second-order valence-corrected chi connectivity index (χ2v) is 4.89. The van der Waals surface area contributed by atoms with Crippen molar-refractivity contribution in [2.24, 2.45) is 0 Å². The van der Waals surface area contributed by atoms with Crippen LogP contribution in [0.1, 0.15) is 5.56 Å². The van der Waals surface area contributed by atoms with Crippen molar-refractivity contribution in [3.05, 3.63) is 26.6 Å². The first-order valence-corrected chi connectivity index (χ1v) is 6.07. The lowest BCUT2D eigenvalue weighted by Gasteiger charge is -2.09. The Bertz CT molecular complexity index is 464. The molecule has 1 aromatic carbocycles. The maximum Gasteiger partial charge on any atom is 0.126 e. The van der Waals surface area contributed by atoms with Crippen LogP contribution in [0.3, 0.4) is 0 Å². The van der Waals surface area contributed by atoms with Crippen molar-refractivity contribution in [2.45, 2.75) is 6.61 Å². The van der Waals surface area contributed by atoms with Crippen LogP contribution in [0, 0.1) is 3.57 Å². The van der Waals surface area contributed by atoms with Crippen molar-refractivity contribution < 1.29 is 9.84 Å². The largest absolute Gasteiger partial charge is 0.496 e. The first-order valence-electron chi connectivity index (χ1n) is 4.11. The lowest BCUT2D eigenvalue weighted by atomic mass is 10.1. The molecule has 4 heteroatoms. The number of benzene rings is 1. The van der Waals surface area contributed by atoms with E-state index in [4.69, 9.17) is 4.74 Å². The van der Waals surface area contributed by atoms with Crippen LogP contribution in [-0.2, 0) is 6.61 Å². The van der Waals surface area contributed by atoms with Gasteiger partial charge < -0.3 is 9.84 Å². The van der Waals surface area contributed by atoms with Gasteiger partial charge in [0.2, 0.25) is 0 Å². The molecular weight excluding hydrogens is 311 g/mol. The highest BCUT2D eigenvalue weighted by Crippen LogP contribution is 2.34. The zero-order valence-corrected chi connectivity index (χ0v) is 10.6. The molecule has 1 aromatic heterocycles. The first-order chi connectivity index (χ1) is 6.77. The fourth-order valence-corrected chi connectivity index (χ4v) is 3.33. The molecule has 1 heterocycles. The van der Waals surface area contributed by atoms with Crippen LogP contribution in [0.4, 0.5) is 0 Å². The Balaban J connectivity index is 2.79. The number of thiophene rings is 1. The van der Waals surface area contributed by atoms with Crippen LogP contribution in [0.25, 0.3) is 10.1 Å². The van der Waals surface area contributed by atoms with Crippen molar-refractivity contribution >= 4 is 44.0 Å². The molecule has 0 aliphatic carbocycles. The third kappa shape index (κ3) is 1.51. The molecule has 0 saturated heterocycles. The highest BCUT2D eigenvalue weighted by molar-refractivity contribution is 14.1. The minimum absolute atomic E-state index is 0.0211. The van der Waals surface area contributed by atoms with Gasteiger partial charge in [-0.3, -0.25) is 0 Å². The molecule has 0 fully saturated rings. The summed E-state index contributed by atoms with van der Waals surface area (Å²) in [6.07, 6.45) is 0. The summed E-state index contributed by atoms with van der Waals surface area (Å²) >= 11 is 3.93. The number of hydrogen-bond donors (Lipinski definition) is 1. The van der Waals surface area contributed by atoms with E-state index >= 15 is 0 Å². The molecule has 2 rings (SSSR count). The van der Waals surface area contributed by atoms with E-state index in [1.54, 1.807) is 18.4 Å². The van der Waals surface area contributed by atoms with E-state index < -0.39 is 0 Å². The average molecular weight is 320 g/mol. The van der Waals surface area contributed by atoms with Gasteiger partial charge in [-0.05, 0) is 40.1 Å². The second kappa shape index (κ2) is 4.04. The van der Waals surface area contributed by atoms with Gasteiger partial charge in [0.05, 0.1) is 13.7 Å². The van der Waals surface area contributed by atoms with Gasteiger partial charge >= 0.3 is 0 Å². The van der Waals surface area contributed by atoms with Crippen molar-refractivity contribution in [1.82, 2.24) is 0 Å². The quantitative estimate of drug-likeness (QED) is 0.862. The summed E-state index contributed by atoms with van der Waals surface area (Å²) in [5.41, 5.74) is 0.874. The minimum Gasteiger partial charge on any atom is -0.496 e. The summed E-state index contributed by atoms with van der Waals surface area (Å²) in [5, 5.41) is 12.5. The molecule has 0 spiro atoms. The molecule has 0 radical (unpaired) electrons. The van der Waals surface area contributed by atoms with Crippen LogP contribution in [0.5, 0.6) is 5.75 Å². The van der Waals surface area contributed by atoms with Gasteiger partial charge in [-0.2, -0.15) is 0 Å². The molecule has 0 amide bonds. The highest BCUT2D eigenvalue weighted by Gasteiger charge is 2.11. The van der Waals surface area contributed by atoms with E-state index in [0.29, 0.717) is 0 Å². The number of methoxy groups -OCH3 is 1. The third-order valence-corrected chi connectivity index (χ3v) is 4.23. The number of halogens is 1. The molecule has 2 aromatic rings. The number of ether oxygens (including phenoxy) is 1. The Labute approximate surface area is 99.7 Å². The third-order valence-electron chi connectivity index (χ3n) is 2.13. The summed E-state index contributed by atoms with van der Waals surface area (Å²) in [4.78, 5) is 0. The van der Waals surface area contributed by atoms with E-state index in [0.717, 1.165) is 14.9 Å². The Morgan fingerprint density at radius 3 is 3.00 bits per heavy atom. The topological polar surface area (TPSA) is 29.5 Å². The van der Waals surface area contributed by atoms with Gasteiger partial charge in [-0.1, -0.05) is 0 Å². The summed E-state index contributed by atoms with van der Waals surface area (Å²) in [7, 11) is 1.63. The monoisotopic (exact) mass is 320 g/mol. The minimum atomic E-state index is 0.0211. The van der Waals surface area contributed by atoms with E-state index in [1.807, 2.05) is 11.4 Å². The van der Waals surface area contributed by atoms with E-state index in [2.05, 4.69) is 28.7 Å². The van der Waals surface area contributed by atoms with Crippen LogP contribution < -0.4 is 4.74 Å². The normalized spacial score (nSPS) is 10.8. The molecule has 0 aliphatic heterocycles. The number of aliphatic hydroxyl groups is 1. The number of aliphatic hydroxyl groups excluding tert-OH is 1. The SMILES string of the molecule is COc1cc2sccc2c(I)c1CO. The number of rotatable bonds is 2. The Hall–Kier alpha value is -0.330. The predicted octanol–water partition coefficient (Wildman–Crippen LogP) is 3.01. The van der Waals surface area contributed by atoms with Crippen LogP contribution in [0.2, 0.25) is 0 Å². The molecule has 1 N–H and O–H groups in total. The molecule has 0 aliphatic rings. The highest BCUT2D eigenvalue weighted by atomic mass is 127. The molecule has 0 saturated carbocycles. The summed E-state index contributed by atoms with van der Waals surface area (Å²) in [6, 6.07) is 4.05. The van der Waals surface area contributed by atoms with Crippen molar-refractivity contribution in [2.75, 3.05) is 7.11 Å². The molecule has 2 nitrogen and oxygen atoms in total. The van der Waals surface area contributed by atoms with Crippen molar-refractivity contribution in [3.63, 3.8) is 0 Å². The predicted molar refractivity (Wildman–Crippen MR) is 67.0 cm³/mol. The lowest BCUT2D eigenvalue weighted by Crippen LogP contribution is -1.95. The average Bonchev–Trinajstić information content (AvgIpc) is 2.65. The second-order valence-electron chi connectivity index (χ2n) is 2.86. The standard InChI is InChI=1S/C10H9IO2S/c1-13-8-4-9-6(2-3-14-9)10(11)7(8)5-12/h2-4,12H,5H2,1H3. The summed E-state index contributed by atoms with van der Waals surface area (Å²) in [5.74, 6) is 0.770. The molecule has 0 bridgehead atoms. The van der Waals surface area contributed by atoms with Crippen molar-refractivity contribution in [1.29, 1.82) is 0 Å². The molecule has 0 unspecified atom stereocenters. The summed E-state index contributed by atoms with van der Waals surface area (Å²) < 4.78 is 7.52. The summed E-state index contributed by atoms with van der Waals surface area (Å²) in [6.45, 7) is 0.0211. The molecule has 74 valence electrons. The molecule has 14 heavy (non-hydrogen) atoms.